The third kappa shape index (κ3) is 10.2. The van der Waals surface area contributed by atoms with Gasteiger partial charge < -0.3 is 28.4 Å². The zero-order valence-corrected chi connectivity index (χ0v) is 26.9. The third-order valence-electron chi connectivity index (χ3n) is 8.87. The summed E-state index contributed by atoms with van der Waals surface area (Å²) in [5.74, 6) is 0.556. The van der Waals surface area contributed by atoms with Gasteiger partial charge >= 0.3 is 18.1 Å². The van der Waals surface area contributed by atoms with Gasteiger partial charge in [-0.3, -0.25) is 0 Å². The molecule has 0 aliphatic heterocycles. The quantitative estimate of drug-likeness (QED) is 0.109. The highest BCUT2D eigenvalue weighted by molar-refractivity contribution is 5.71. The van der Waals surface area contributed by atoms with Gasteiger partial charge in [0.1, 0.15) is 31.2 Å². The molecule has 2 aliphatic rings. The van der Waals surface area contributed by atoms with Crippen LogP contribution >= 0.6 is 0 Å². The molecule has 246 valence electrons. The summed E-state index contributed by atoms with van der Waals surface area (Å²) in [7, 11) is 1.48. The molecule has 45 heavy (non-hydrogen) atoms. The molecule has 9 heteroatoms. The molecule has 0 heterocycles. The van der Waals surface area contributed by atoms with Gasteiger partial charge in [-0.15, -0.1) is 0 Å². The van der Waals surface area contributed by atoms with E-state index in [9.17, 15) is 14.4 Å². The molecule has 1 saturated carbocycles. The monoisotopic (exact) mass is 624 g/mol. The van der Waals surface area contributed by atoms with Crippen LogP contribution in [-0.4, -0.2) is 57.2 Å². The normalized spacial score (nSPS) is 20.8. The summed E-state index contributed by atoms with van der Waals surface area (Å²) in [6, 6.07) is 15.5. The van der Waals surface area contributed by atoms with E-state index in [2.05, 4.69) is 13.0 Å². The molecule has 5 atom stereocenters. The standard InChI is InChI=1S/C36H48O9/c1-4-6-18-41-36(39)45-33-21-27-20-31-26(19-30(27)29(33)17-16-28(11-5-2)44-35(38)23-40-3)14-10-15-32(31)42-24-34(37)43-22-25-12-8-7-9-13-25/h7-10,12-15,27-30,33H,4-6,11,16-24H2,1-3H3/t27-,28-,29+,30-,33+/m0/s1. The molecule has 4 rings (SSSR count). The van der Waals surface area contributed by atoms with Crippen molar-refractivity contribution in [1.29, 1.82) is 0 Å². The number of hydrogen-bond acceptors (Lipinski definition) is 9. The van der Waals surface area contributed by atoms with E-state index in [1.807, 2.05) is 49.4 Å². The van der Waals surface area contributed by atoms with Crippen LogP contribution in [0.2, 0.25) is 0 Å². The average Bonchev–Trinajstić information content (AvgIpc) is 3.36. The van der Waals surface area contributed by atoms with E-state index in [1.165, 1.54) is 12.7 Å². The molecule has 2 aromatic carbocycles. The van der Waals surface area contributed by atoms with E-state index in [0.29, 0.717) is 25.2 Å². The minimum Gasteiger partial charge on any atom is -0.482 e. The van der Waals surface area contributed by atoms with Gasteiger partial charge in [-0.05, 0) is 85.5 Å². The summed E-state index contributed by atoms with van der Waals surface area (Å²) in [4.78, 5) is 37.3. The molecule has 0 spiro atoms. The maximum atomic E-state index is 12.7. The zero-order chi connectivity index (χ0) is 32.0. The highest BCUT2D eigenvalue weighted by atomic mass is 16.7. The molecule has 9 nitrogen and oxygen atoms in total. The van der Waals surface area contributed by atoms with Crippen molar-refractivity contribution in [3.8, 4) is 5.75 Å². The van der Waals surface area contributed by atoms with Crippen molar-refractivity contribution in [3.05, 3.63) is 65.2 Å². The zero-order valence-electron chi connectivity index (χ0n) is 26.9. The average molecular weight is 625 g/mol. The summed E-state index contributed by atoms with van der Waals surface area (Å²) in [5.41, 5.74) is 3.20. The number of hydrogen-bond donors (Lipinski definition) is 0. The van der Waals surface area contributed by atoms with Gasteiger partial charge in [-0.2, -0.15) is 0 Å². The SMILES string of the molecule is CCCCOC(=O)O[C@@H]1C[C@@H]2Cc3c(cccc3OCC(=O)OCc3ccccc3)C[C@@H]2[C@H]1CC[C@H](CCC)OC(=O)COC. The van der Waals surface area contributed by atoms with Crippen molar-refractivity contribution in [2.75, 3.05) is 26.9 Å². The number of unbranched alkanes of at least 4 members (excludes halogenated alkanes) is 1. The lowest BCUT2D eigenvalue weighted by Crippen LogP contribution is -2.31. The molecular weight excluding hydrogens is 576 g/mol. The topological polar surface area (TPSA) is 107 Å². The first-order valence-corrected chi connectivity index (χ1v) is 16.4. The molecule has 1 fully saturated rings. The Kier molecular flexibility index (Phi) is 13.5. The Bertz CT molecular complexity index is 1230. The van der Waals surface area contributed by atoms with Crippen LogP contribution in [0, 0.1) is 17.8 Å². The Hall–Kier alpha value is -3.59. The largest absolute Gasteiger partial charge is 0.508 e. The first-order chi connectivity index (χ1) is 21.9. The van der Waals surface area contributed by atoms with Gasteiger partial charge in [-0.1, -0.05) is 69.2 Å². The van der Waals surface area contributed by atoms with Crippen LogP contribution in [0.1, 0.15) is 75.5 Å². The lowest BCUT2D eigenvalue weighted by atomic mass is 9.73. The van der Waals surface area contributed by atoms with Crippen molar-refractivity contribution < 1.29 is 42.8 Å². The first-order valence-electron chi connectivity index (χ1n) is 16.4. The van der Waals surface area contributed by atoms with Gasteiger partial charge in [0.2, 0.25) is 0 Å². The maximum absolute atomic E-state index is 12.7. The third-order valence-corrected chi connectivity index (χ3v) is 8.87. The summed E-state index contributed by atoms with van der Waals surface area (Å²) >= 11 is 0. The van der Waals surface area contributed by atoms with E-state index in [4.69, 9.17) is 28.4 Å². The fourth-order valence-corrected chi connectivity index (χ4v) is 6.72. The maximum Gasteiger partial charge on any atom is 0.508 e. The van der Waals surface area contributed by atoms with Crippen LogP contribution in [0.3, 0.4) is 0 Å². The van der Waals surface area contributed by atoms with Crippen LogP contribution in [0.5, 0.6) is 5.75 Å². The minimum absolute atomic E-state index is 0.0738. The molecular formula is C36H48O9. The number of rotatable bonds is 17. The number of carbonyl (C=O) groups is 3. The second-order valence-corrected chi connectivity index (χ2v) is 12.1. The van der Waals surface area contributed by atoms with Crippen molar-refractivity contribution in [2.45, 2.75) is 90.4 Å². The van der Waals surface area contributed by atoms with Crippen molar-refractivity contribution in [3.63, 3.8) is 0 Å². The molecule has 2 aromatic rings. The van der Waals surface area contributed by atoms with E-state index in [-0.39, 0.29) is 55.8 Å². The predicted octanol–water partition coefficient (Wildman–Crippen LogP) is 6.62. The fraction of sp³-hybridized carbons (Fsp3) is 0.583. The van der Waals surface area contributed by atoms with Crippen LogP contribution in [0.15, 0.2) is 48.5 Å². The summed E-state index contributed by atoms with van der Waals surface area (Å²) < 4.78 is 33.4. The second-order valence-electron chi connectivity index (χ2n) is 12.1. The molecule has 0 aromatic heterocycles. The fourth-order valence-electron chi connectivity index (χ4n) is 6.72. The first kappa shape index (κ1) is 34.3. The number of methoxy groups -OCH3 is 1. The number of esters is 2. The van der Waals surface area contributed by atoms with Gasteiger partial charge in [-0.25, -0.2) is 14.4 Å². The Morgan fingerprint density at radius 1 is 0.889 bits per heavy atom. The predicted molar refractivity (Wildman–Crippen MR) is 168 cm³/mol. The number of benzene rings is 2. The Balaban J connectivity index is 1.43. The number of fused-ring (bicyclic) bond motifs is 2. The van der Waals surface area contributed by atoms with Crippen LogP contribution < -0.4 is 4.74 Å². The lowest BCUT2D eigenvalue weighted by Gasteiger charge is -2.33. The highest BCUT2D eigenvalue weighted by Crippen LogP contribution is 2.49. The van der Waals surface area contributed by atoms with Gasteiger partial charge in [0, 0.05) is 7.11 Å². The van der Waals surface area contributed by atoms with Crippen molar-refractivity contribution in [2.24, 2.45) is 17.8 Å². The molecule has 2 aliphatic carbocycles. The van der Waals surface area contributed by atoms with Crippen LogP contribution in [0.25, 0.3) is 0 Å². The summed E-state index contributed by atoms with van der Waals surface area (Å²) in [6.07, 6.45) is 5.97. The van der Waals surface area contributed by atoms with Gasteiger partial charge in [0.05, 0.1) is 6.61 Å². The van der Waals surface area contributed by atoms with E-state index < -0.39 is 12.1 Å². The molecule has 0 bridgehead atoms. The highest BCUT2D eigenvalue weighted by Gasteiger charge is 2.47. The Labute approximate surface area is 266 Å². The molecule has 0 amide bonds. The summed E-state index contributed by atoms with van der Waals surface area (Å²) in [6.45, 7) is 4.41. The lowest BCUT2D eigenvalue weighted by molar-refractivity contribution is -0.154. The minimum atomic E-state index is -0.621. The molecule has 0 N–H and O–H groups in total. The van der Waals surface area contributed by atoms with Crippen LogP contribution in [0.4, 0.5) is 4.79 Å². The molecule has 0 unspecified atom stereocenters. The molecule has 0 radical (unpaired) electrons. The number of ether oxygens (including phenoxy) is 6. The van der Waals surface area contributed by atoms with Crippen molar-refractivity contribution in [1.82, 2.24) is 0 Å². The van der Waals surface area contributed by atoms with E-state index >= 15 is 0 Å². The van der Waals surface area contributed by atoms with E-state index in [0.717, 1.165) is 56.1 Å². The van der Waals surface area contributed by atoms with Crippen LogP contribution in [-0.2, 0) is 52.7 Å². The molecule has 0 saturated heterocycles. The Morgan fingerprint density at radius 2 is 1.71 bits per heavy atom. The van der Waals surface area contributed by atoms with Gasteiger partial charge in [0.25, 0.3) is 0 Å². The second kappa shape index (κ2) is 17.8. The smallest absolute Gasteiger partial charge is 0.482 e. The van der Waals surface area contributed by atoms with Crippen molar-refractivity contribution >= 4 is 18.1 Å². The summed E-state index contributed by atoms with van der Waals surface area (Å²) in [5, 5.41) is 0. The number of carbonyl (C=O) groups excluding carboxylic acids is 3. The Morgan fingerprint density at radius 3 is 2.47 bits per heavy atom. The van der Waals surface area contributed by atoms with Gasteiger partial charge in [0.15, 0.2) is 6.61 Å². The van der Waals surface area contributed by atoms with E-state index in [1.54, 1.807) is 0 Å².